The molecule has 7 nitrogen and oxygen atoms in total. The molecule has 140 valence electrons. The maximum absolute atomic E-state index is 12.2. The van der Waals surface area contributed by atoms with Crippen molar-refractivity contribution in [2.24, 2.45) is 0 Å². The van der Waals surface area contributed by atoms with Crippen LogP contribution in [0.3, 0.4) is 0 Å². The molecule has 1 saturated carbocycles. The van der Waals surface area contributed by atoms with E-state index in [0.29, 0.717) is 18.2 Å². The van der Waals surface area contributed by atoms with Crippen LogP contribution in [0, 0.1) is 18.3 Å². The van der Waals surface area contributed by atoms with E-state index in [4.69, 9.17) is 9.15 Å². The Hall–Kier alpha value is -3.14. The highest BCUT2D eigenvalue weighted by molar-refractivity contribution is 5.91. The average molecular weight is 368 g/mol. The first-order valence-corrected chi connectivity index (χ1v) is 8.86. The maximum atomic E-state index is 12.2. The molecule has 0 bridgehead atoms. The zero-order chi connectivity index (χ0) is 19.4. The molecule has 1 heterocycles. The minimum atomic E-state index is -0.903. The van der Waals surface area contributed by atoms with E-state index in [1.807, 2.05) is 6.92 Å². The fourth-order valence-electron chi connectivity index (χ4n) is 3.30. The topological polar surface area (TPSA) is 109 Å². The number of hydrogen-bond donors (Lipinski definition) is 1. The summed E-state index contributed by atoms with van der Waals surface area (Å²) in [5.74, 6) is -1.72. The minimum absolute atomic E-state index is 0.267. The molecule has 0 aliphatic heterocycles. The molecule has 0 radical (unpaired) electrons. The summed E-state index contributed by atoms with van der Waals surface area (Å²) in [6, 6.07) is 8.27. The highest BCUT2D eigenvalue weighted by atomic mass is 16.5. The molecule has 0 saturated heterocycles. The van der Waals surface area contributed by atoms with E-state index >= 15 is 0 Å². The lowest BCUT2D eigenvalue weighted by Gasteiger charge is -2.31. The molecule has 1 fully saturated rings. The smallest absolute Gasteiger partial charge is 0.374 e. The van der Waals surface area contributed by atoms with Crippen molar-refractivity contribution in [3.63, 3.8) is 0 Å². The van der Waals surface area contributed by atoms with E-state index in [-0.39, 0.29) is 16.8 Å². The summed E-state index contributed by atoms with van der Waals surface area (Å²) in [7, 11) is 0. The van der Waals surface area contributed by atoms with Crippen LogP contribution in [0.15, 0.2) is 33.5 Å². The number of esters is 1. The van der Waals surface area contributed by atoms with Gasteiger partial charge in [0.2, 0.25) is 5.76 Å². The predicted molar refractivity (Wildman–Crippen MR) is 97.1 cm³/mol. The summed E-state index contributed by atoms with van der Waals surface area (Å²) < 4.78 is 10.4. The molecule has 7 heteroatoms. The standard InChI is InChI=1S/C20H20N2O5/c1-13-5-6-16-14(9-13)15(23)10-17(27-16)19(25)26-11-18(24)22-20(12-21)7-3-2-4-8-20/h5-6,9-10H,2-4,7-8,11H2,1H3,(H,22,24). The zero-order valence-electron chi connectivity index (χ0n) is 15.0. The van der Waals surface area contributed by atoms with E-state index in [2.05, 4.69) is 11.4 Å². The van der Waals surface area contributed by atoms with E-state index < -0.39 is 24.0 Å². The Labute approximate surface area is 155 Å². The Morgan fingerprint density at radius 2 is 2.00 bits per heavy atom. The summed E-state index contributed by atoms with van der Waals surface area (Å²) in [6.07, 6.45) is 3.95. The van der Waals surface area contributed by atoms with E-state index in [1.165, 1.54) is 0 Å². The van der Waals surface area contributed by atoms with Crippen molar-refractivity contribution in [1.82, 2.24) is 5.32 Å². The number of hydrogen-bond acceptors (Lipinski definition) is 6. The predicted octanol–water partition coefficient (Wildman–Crippen LogP) is 2.60. The first-order valence-electron chi connectivity index (χ1n) is 8.86. The van der Waals surface area contributed by atoms with E-state index in [0.717, 1.165) is 30.9 Å². The highest BCUT2D eigenvalue weighted by Crippen LogP contribution is 2.27. The molecule has 1 aromatic heterocycles. The first-order chi connectivity index (χ1) is 12.9. The number of nitrogens with zero attached hydrogens (tertiary/aromatic N) is 1. The van der Waals surface area contributed by atoms with Crippen LogP contribution in [0.4, 0.5) is 0 Å². The quantitative estimate of drug-likeness (QED) is 0.831. The fraction of sp³-hybridized carbons (Fsp3) is 0.400. The van der Waals surface area contributed by atoms with Crippen LogP contribution in [0.25, 0.3) is 11.0 Å². The third kappa shape index (κ3) is 4.17. The van der Waals surface area contributed by atoms with Gasteiger partial charge in [-0.25, -0.2) is 4.79 Å². The number of fused-ring (bicyclic) bond motifs is 1. The maximum Gasteiger partial charge on any atom is 0.374 e. The number of carbonyl (C=O) groups is 2. The lowest BCUT2D eigenvalue weighted by Crippen LogP contribution is -2.50. The Kier molecular flexibility index (Phi) is 5.26. The molecule has 0 unspecified atom stereocenters. The second kappa shape index (κ2) is 7.62. The normalized spacial score (nSPS) is 15.7. The van der Waals surface area contributed by atoms with Crippen molar-refractivity contribution in [2.75, 3.05) is 6.61 Å². The third-order valence-corrected chi connectivity index (χ3v) is 4.72. The van der Waals surface area contributed by atoms with Gasteiger partial charge >= 0.3 is 5.97 Å². The lowest BCUT2D eigenvalue weighted by molar-refractivity contribution is -0.126. The summed E-state index contributed by atoms with van der Waals surface area (Å²) in [4.78, 5) is 36.4. The molecule has 0 atom stereocenters. The molecule has 1 aromatic carbocycles. The average Bonchev–Trinajstić information content (AvgIpc) is 2.67. The third-order valence-electron chi connectivity index (χ3n) is 4.72. The molecule has 2 aromatic rings. The highest BCUT2D eigenvalue weighted by Gasteiger charge is 2.33. The van der Waals surface area contributed by atoms with Gasteiger partial charge in [0.1, 0.15) is 11.1 Å². The second-order valence-corrected chi connectivity index (χ2v) is 6.85. The van der Waals surface area contributed by atoms with Crippen molar-refractivity contribution >= 4 is 22.8 Å². The van der Waals surface area contributed by atoms with Gasteiger partial charge in [-0.2, -0.15) is 5.26 Å². The van der Waals surface area contributed by atoms with Crippen molar-refractivity contribution in [1.29, 1.82) is 5.26 Å². The number of benzene rings is 1. The molecular weight excluding hydrogens is 348 g/mol. The van der Waals surface area contributed by atoms with Crippen LogP contribution in [0.5, 0.6) is 0 Å². The van der Waals surface area contributed by atoms with Crippen LogP contribution in [0.2, 0.25) is 0 Å². The molecule has 1 aliphatic rings. The Morgan fingerprint density at radius 3 is 2.70 bits per heavy atom. The largest absolute Gasteiger partial charge is 0.450 e. The van der Waals surface area contributed by atoms with Gasteiger partial charge < -0.3 is 14.5 Å². The number of nitriles is 1. The fourth-order valence-corrected chi connectivity index (χ4v) is 3.30. The monoisotopic (exact) mass is 368 g/mol. The van der Waals surface area contributed by atoms with E-state index in [9.17, 15) is 19.6 Å². The van der Waals surface area contributed by atoms with Gasteiger partial charge in [-0.15, -0.1) is 0 Å². The van der Waals surface area contributed by atoms with Gasteiger partial charge in [-0.1, -0.05) is 30.9 Å². The molecule has 3 rings (SSSR count). The zero-order valence-corrected chi connectivity index (χ0v) is 15.0. The molecule has 1 amide bonds. The van der Waals surface area contributed by atoms with Gasteiger partial charge in [0.25, 0.3) is 5.91 Å². The van der Waals surface area contributed by atoms with Crippen molar-refractivity contribution in [3.8, 4) is 6.07 Å². The van der Waals surface area contributed by atoms with E-state index in [1.54, 1.807) is 18.2 Å². The van der Waals surface area contributed by atoms with Gasteiger partial charge in [0.15, 0.2) is 12.0 Å². The second-order valence-electron chi connectivity index (χ2n) is 6.85. The molecular formula is C20H20N2O5. The minimum Gasteiger partial charge on any atom is -0.450 e. The SMILES string of the molecule is Cc1ccc2oc(C(=O)OCC(=O)NC3(C#N)CCCCC3)cc(=O)c2c1. The van der Waals surface area contributed by atoms with Crippen LogP contribution >= 0.6 is 0 Å². The van der Waals surface area contributed by atoms with Gasteiger partial charge in [-0.05, 0) is 31.9 Å². The number of rotatable bonds is 4. The van der Waals surface area contributed by atoms with Gasteiger partial charge in [0, 0.05) is 6.07 Å². The molecule has 27 heavy (non-hydrogen) atoms. The Morgan fingerprint density at radius 1 is 1.26 bits per heavy atom. The number of aryl methyl sites for hydroxylation is 1. The summed E-state index contributed by atoms with van der Waals surface area (Å²) in [5.41, 5.74) is -0.0807. The van der Waals surface area contributed by atoms with Gasteiger partial charge in [0.05, 0.1) is 11.5 Å². The summed E-state index contributed by atoms with van der Waals surface area (Å²) in [6.45, 7) is 1.30. The van der Waals surface area contributed by atoms with Gasteiger partial charge in [-0.3, -0.25) is 9.59 Å². The molecule has 0 spiro atoms. The molecule has 1 aliphatic carbocycles. The Bertz CT molecular complexity index is 980. The van der Waals surface area contributed by atoms with Crippen LogP contribution < -0.4 is 10.7 Å². The summed E-state index contributed by atoms with van der Waals surface area (Å²) >= 11 is 0. The summed E-state index contributed by atoms with van der Waals surface area (Å²) in [5, 5.41) is 12.4. The number of ether oxygens (including phenoxy) is 1. The first kappa shape index (κ1) is 18.6. The lowest BCUT2D eigenvalue weighted by atomic mass is 9.83. The number of amides is 1. The van der Waals surface area contributed by atoms with Crippen LogP contribution in [-0.4, -0.2) is 24.0 Å². The Balaban J connectivity index is 1.66. The van der Waals surface area contributed by atoms with Crippen LogP contribution in [-0.2, 0) is 9.53 Å². The number of carbonyl (C=O) groups excluding carboxylic acids is 2. The van der Waals surface area contributed by atoms with Crippen molar-refractivity contribution in [3.05, 3.63) is 45.8 Å². The van der Waals surface area contributed by atoms with Crippen molar-refractivity contribution < 1.29 is 18.7 Å². The molecule has 1 N–H and O–H groups in total. The van der Waals surface area contributed by atoms with Crippen molar-refractivity contribution in [2.45, 2.75) is 44.6 Å². The number of nitrogens with one attached hydrogen (secondary N) is 1. The van der Waals surface area contributed by atoms with Crippen LogP contribution in [0.1, 0.15) is 48.2 Å².